The summed E-state index contributed by atoms with van der Waals surface area (Å²) in [5.41, 5.74) is 0.788. The second-order valence-electron chi connectivity index (χ2n) is 9.20. The molecule has 0 aromatic heterocycles. The summed E-state index contributed by atoms with van der Waals surface area (Å²) in [6, 6.07) is 0. The van der Waals surface area contributed by atoms with Gasteiger partial charge in [-0.1, -0.05) is 25.3 Å². The van der Waals surface area contributed by atoms with Crippen LogP contribution in [-0.4, -0.2) is 16.5 Å². The summed E-state index contributed by atoms with van der Waals surface area (Å²) in [5.74, 6) is 8.45. The van der Waals surface area contributed by atoms with E-state index in [2.05, 4.69) is 25.7 Å². The largest absolute Gasteiger partial charge is 0.377 e. The minimum absolute atomic E-state index is 0.0563. The van der Waals surface area contributed by atoms with Gasteiger partial charge < -0.3 is 5.11 Å². The highest BCUT2D eigenvalue weighted by molar-refractivity contribution is 5.91. The summed E-state index contributed by atoms with van der Waals surface area (Å²) < 4.78 is 0. The fourth-order valence-corrected chi connectivity index (χ4v) is 6.99. The van der Waals surface area contributed by atoms with Crippen molar-refractivity contribution >= 4 is 5.78 Å². The first-order valence-electron chi connectivity index (χ1n) is 9.74. The third-order valence-electron chi connectivity index (χ3n) is 8.45. The standard InChI is InChI=1S/C22H30O2/c1-4-10-22(24)13-9-19-17-6-5-15-14-16(23)7-11-20(15,2)18(17)8-12-21(19,22)3/h14,17-19,24H,5-9,11-13H2,1-3H3. The Morgan fingerprint density at radius 1 is 1.08 bits per heavy atom. The monoisotopic (exact) mass is 326 g/mol. The molecule has 3 saturated carbocycles. The van der Waals surface area contributed by atoms with E-state index < -0.39 is 5.60 Å². The molecule has 1 N–H and O–H groups in total. The lowest BCUT2D eigenvalue weighted by atomic mass is 9.46. The third-order valence-corrected chi connectivity index (χ3v) is 8.45. The van der Waals surface area contributed by atoms with Gasteiger partial charge in [-0.05, 0) is 81.1 Å². The molecule has 0 aliphatic heterocycles. The number of ketones is 1. The van der Waals surface area contributed by atoms with Crippen LogP contribution < -0.4 is 0 Å². The van der Waals surface area contributed by atoms with Crippen molar-refractivity contribution in [3.05, 3.63) is 11.6 Å². The lowest BCUT2D eigenvalue weighted by Crippen LogP contribution is -2.54. The van der Waals surface area contributed by atoms with Crippen LogP contribution in [0.2, 0.25) is 0 Å². The molecule has 0 spiro atoms. The van der Waals surface area contributed by atoms with Gasteiger partial charge in [0.15, 0.2) is 5.78 Å². The van der Waals surface area contributed by atoms with E-state index in [1.807, 2.05) is 13.0 Å². The maximum absolute atomic E-state index is 11.9. The van der Waals surface area contributed by atoms with Crippen LogP contribution in [0.25, 0.3) is 0 Å². The Balaban J connectivity index is 1.69. The number of carbonyl (C=O) groups is 1. The average Bonchev–Trinajstić information content (AvgIpc) is 2.80. The number of rotatable bonds is 0. The van der Waals surface area contributed by atoms with Crippen molar-refractivity contribution < 1.29 is 9.90 Å². The number of fused-ring (bicyclic) bond motifs is 5. The summed E-state index contributed by atoms with van der Waals surface area (Å²) in [6.07, 6.45) is 10.2. The smallest absolute Gasteiger partial charge is 0.155 e. The van der Waals surface area contributed by atoms with Gasteiger partial charge in [0.2, 0.25) is 0 Å². The van der Waals surface area contributed by atoms with Gasteiger partial charge in [0.1, 0.15) is 5.60 Å². The molecule has 4 rings (SSSR count). The van der Waals surface area contributed by atoms with Gasteiger partial charge in [0.25, 0.3) is 0 Å². The van der Waals surface area contributed by atoms with E-state index in [4.69, 9.17) is 0 Å². The highest BCUT2D eigenvalue weighted by Crippen LogP contribution is 2.67. The van der Waals surface area contributed by atoms with Gasteiger partial charge in [-0.15, -0.1) is 5.92 Å². The maximum Gasteiger partial charge on any atom is 0.155 e. The Hall–Kier alpha value is -1.07. The van der Waals surface area contributed by atoms with Crippen LogP contribution in [0.1, 0.15) is 72.1 Å². The van der Waals surface area contributed by atoms with Crippen molar-refractivity contribution in [3.8, 4) is 11.8 Å². The lowest BCUT2D eigenvalue weighted by Gasteiger charge is -2.58. The Morgan fingerprint density at radius 3 is 2.58 bits per heavy atom. The zero-order valence-corrected chi connectivity index (χ0v) is 15.3. The molecule has 6 unspecified atom stereocenters. The Bertz CT molecular complexity index is 665. The number of carbonyl (C=O) groups excluding carboxylic acids is 1. The van der Waals surface area contributed by atoms with Crippen molar-refractivity contribution in [2.24, 2.45) is 28.6 Å². The molecule has 6 atom stereocenters. The van der Waals surface area contributed by atoms with Crippen molar-refractivity contribution in [3.63, 3.8) is 0 Å². The summed E-state index contributed by atoms with van der Waals surface area (Å²) in [4.78, 5) is 11.9. The predicted octanol–water partition coefficient (Wildman–Crippen LogP) is 4.27. The second-order valence-corrected chi connectivity index (χ2v) is 9.20. The van der Waals surface area contributed by atoms with E-state index in [1.54, 1.807) is 0 Å². The van der Waals surface area contributed by atoms with Crippen molar-refractivity contribution in [1.82, 2.24) is 0 Å². The van der Waals surface area contributed by atoms with Crippen LogP contribution in [0.3, 0.4) is 0 Å². The van der Waals surface area contributed by atoms with E-state index in [1.165, 1.54) is 18.4 Å². The first-order valence-corrected chi connectivity index (χ1v) is 9.74. The Kier molecular flexibility index (Phi) is 3.56. The zero-order valence-electron chi connectivity index (χ0n) is 15.3. The molecule has 2 nitrogen and oxygen atoms in total. The van der Waals surface area contributed by atoms with Gasteiger partial charge in [-0.2, -0.15) is 0 Å². The molecule has 130 valence electrons. The second kappa shape index (κ2) is 5.21. The molecule has 0 bridgehead atoms. The van der Waals surface area contributed by atoms with E-state index in [0.717, 1.165) is 38.5 Å². The fourth-order valence-electron chi connectivity index (χ4n) is 6.99. The van der Waals surface area contributed by atoms with Crippen molar-refractivity contribution in [1.29, 1.82) is 0 Å². The van der Waals surface area contributed by atoms with Crippen LogP contribution in [-0.2, 0) is 4.79 Å². The van der Waals surface area contributed by atoms with E-state index in [0.29, 0.717) is 23.5 Å². The summed E-state index contributed by atoms with van der Waals surface area (Å²) >= 11 is 0. The fraction of sp³-hybridized carbons (Fsp3) is 0.773. The minimum atomic E-state index is -0.795. The van der Waals surface area contributed by atoms with Gasteiger partial charge in [0, 0.05) is 11.8 Å². The molecule has 4 aliphatic rings. The molecule has 0 amide bonds. The Morgan fingerprint density at radius 2 is 1.83 bits per heavy atom. The molecule has 3 fully saturated rings. The summed E-state index contributed by atoms with van der Waals surface area (Å²) in [5, 5.41) is 11.2. The number of hydrogen-bond donors (Lipinski definition) is 1. The van der Waals surface area contributed by atoms with E-state index in [9.17, 15) is 9.90 Å². The molecule has 0 heterocycles. The van der Waals surface area contributed by atoms with Crippen molar-refractivity contribution in [2.75, 3.05) is 0 Å². The van der Waals surface area contributed by atoms with Gasteiger partial charge in [0.05, 0.1) is 0 Å². The first kappa shape index (κ1) is 16.4. The molecule has 24 heavy (non-hydrogen) atoms. The summed E-state index contributed by atoms with van der Waals surface area (Å²) in [6.45, 7) is 6.55. The molecule has 4 aliphatic carbocycles. The van der Waals surface area contributed by atoms with Gasteiger partial charge in [-0.25, -0.2) is 0 Å². The molecular weight excluding hydrogens is 296 g/mol. The third kappa shape index (κ3) is 1.97. The quantitative estimate of drug-likeness (QED) is 0.675. The Labute approximate surface area is 146 Å². The normalized spacial score (nSPS) is 50.1. The molecule has 0 saturated heterocycles. The van der Waals surface area contributed by atoms with Crippen LogP contribution >= 0.6 is 0 Å². The summed E-state index contributed by atoms with van der Waals surface area (Å²) in [7, 11) is 0. The van der Waals surface area contributed by atoms with Gasteiger partial charge in [-0.3, -0.25) is 4.79 Å². The van der Waals surface area contributed by atoms with Crippen LogP contribution in [0.4, 0.5) is 0 Å². The number of aliphatic hydroxyl groups is 1. The molecular formula is C22H30O2. The first-order chi connectivity index (χ1) is 11.3. The highest BCUT2D eigenvalue weighted by atomic mass is 16.3. The van der Waals surface area contributed by atoms with Crippen LogP contribution in [0.15, 0.2) is 11.6 Å². The SMILES string of the molecule is CC#CC1(O)CCC2C3CCC4=CC(=O)CCC4(C)C3CCC21C. The minimum Gasteiger partial charge on any atom is -0.377 e. The predicted molar refractivity (Wildman–Crippen MR) is 95.1 cm³/mol. The number of allylic oxidation sites excluding steroid dienone is 1. The van der Waals surface area contributed by atoms with Gasteiger partial charge >= 0.3 is 0 Å². The van der Waals surface area contributed by atoms with E-state index >= 15 is 0 Å². The topological polar surface area (TPSA) is 37.3 Å². The highest BCUT2D eigenvalue weighted by Gasteiger charge is 2.63. The maximum atomic E-state index is 11.9. The van der Waals surface area contributed by atoms with Crippen molar-refractivity contribution in [2.45, 2.75) is 77.7 Å². The van der Waals surface area contributed by atoms with Crippen LogP contribution in [0, 0.1) is 40.4 Å². The molecule has 2 heteroatoms. The molecule has 0 aromatic rings. The number of hydrogen-bond acceptors (Lipinski definition) is 2. The lowest BCUT2D eigenvalue weighted by molar-refractivity contribution is -0.119. The molecule has 0 radical (unpaired) electrons. The van der Waals surface area contributed by atoms with Crippen LogP contribution in [0.5, 0.6) is 0 Å². The zero-order chi connectivity index (χ0) is 17.2. The molecule has 0 aromatic carbocycles. The van der Waals surface area contributed by atoms with E-state index in [-0.39, 0.29) is 10.8 Å². The average molecular weight is 326 g/mol.